The normalized spacial score (nSPS) is 11.2. The van der Waals surface area contributed by atoms with Crippen LogP contribution in [0.15, 0.2) is 64.1 Å². The van der Waals surface area contributed by atoms with Gasteiger partial charge in [-0.15, -0.1) is 0 Å². The Morgan fingerprint density at radius 3 is 2.63 bits per heavy atom. The molecule has 1 heterocycles. The molecule has 0 saturated carbocycles. The van der Waals surface area contributed by atoms with E-state index < -0.39 is 43.6 Å². The number of nitrogens with zero attached hydrogens (tertiary/aromatic N) is 1. The van der Waals surface area contributed by atoms with Crippen molar-refractivity contribution >= 4 is 33.0 Å². The average Bonchev–Trinajstić information content (AvgIpc) is 3.21. The van der Waals surface area contributed by atoms with Crippen LogP contribution in [0, 0.1) is 15.9 Å². The predicted molar refractivity (Wildman–Crippen MR) is 105 cm³/mol. The number of carbonyl (C=O) groups excluding carboxylic acids is 1. The number of rotatable bonds is 7. The van der Waals surface area contributed by atoms with Crippen LogP contribution in [0.1, 0.15) is 16.1 Å². The van der Waals surface area contributed by atoms with E-state index in [-0.39, 0.29) is 17.1 Å². The van der Waals surface area contributed by atoms with Crippen molar-refractivity contribution < 1.29 is 26.9 Å². The maximum atomic E-state index is 13.7. The first kappa shape index (κ1) is 21.0. The molecule has 0 fully saturated rings. The topological polar surface area (TPSA) is 158 Å². The minimum Gasteiger partial charge on any atom is -0.468 e. The highest BCUT2D eigenvalue weighted by Gasteiger charge is 2.22. The molecule has 0 aliphatic rings. The van der Waals surface area contributed by atoms with Crippen LogP contribution in [0.4, 0.5) is 21.5 Å². The first-order valence-electron chi connectivity index (χ1n) is 8.34. The standard InChI is InChI=1S/C18H15FN4O6S/c19-11-7-15(17(20)16(8-11)23(25)26)18(24)22-12-3-1-5-14(9-12)30(27,28)21-10-13-4-2-6-29-13/h1-9,21H,10,20H2,(H,22,24). The lowest BCUT2D eigenvalue weighted by atomic mass is 10.1. The van der Waals surface area contributed by atoms with Gasteiger partial charge >= 0.3 is 0 Å². The van der Waals surface area contributed by atoms with Crippen LogP contribution < -0.4 is 15.8 Å². The van der Waals surface area contributed by atoms with Crippen LogP contribution in [0.25, 0.3) is 0 Å². The van der Waals surface area contributed by atoms with Crippen molar-refractivity contribution in [3.8, 4) is 0 Å². The zero-order chi connectivity index (χ0) is 21.9. The lowest BCUT2D eigenvalue weighted by Gasteiger charge is -2.10. The molecule has 30 heavy (non-hydrogen) atoms. The lowest BCUT2D eigenvalue weighted by Crippen LogP contribution is -2.23. The van der Waals surface area contributed by atoms with Crippen LogP contribution in [-0.4, -0.2) is 19.2 Å². The van der Waals surface area contributed by atoms with E-state index in [0.29, 0.717) is 11.8 Å². The van der Waals surface area contributed by atoms with E-state index in [9.17, 15) is 27.7 Å². The predicted octanol–water partition coefficient (Wildman–Crippen LogP) is 2.64. The number of benzene rings is 2. The molecule has 3 aromatic rings. The van der Waals surface area contributed by atoms with Gasteiger partial charge in [0.2, 0.25) is 10.0 Å². The van der Waals surface area contributed by atoms with Crippen LogP contribution in [0.5, 0.6) is 0 Å². The zero-order valence-corrected chi connectivity index (χ0v) is 16.0. The number of anilines is 2. The number of halogens is 1. The Bertz CT molecular complexity index is 1210. The van der Waals surface area contributed by atoms with Crippen LogP contribution in [-0.2, 0) is 16.6 Å². The molecule has 2 aromatic carbocycles. The Hall–Kier alpha value is -3.77. The number of nitrogens with one attached hydrogen (secondary N) is 2. The zero-order valence-electron chi connectivity index (χ0n) is 15.2. The Morgan fingerprint density at radius 1 is 1.20 bits per heavy atom. The van der Waals surface area contributed by atoms with Gasteiger partial charge in [-0.05, 0) is 36.4 Å². The molecule has 1 amide bonds. The molecule has 0 aliphatic heterocycles. The minimum absolute atomic E-state index is 0.0622. The number of amides is 1. The third-order valence-electron chi connectivity index (χ3n) is 3.98. The summed E-state index contributed by atoms with van der Waals surface area (Å²) >= 11 is 0. The number of carbonyl (C=O) groups is 1. The highest BCUT2D eigenvalue weighted by Crippen LogP contribution is 2.27. The van der Waals surface area contributed by atoms with E-state index in [1.165, 1.54) is 30.5 Å². The molecular formula is C18H15FN4O6S. The van der Waals surface area contributed by atoms with E-state index in [4.69, 9.17) is 10.2 Å². The molecule has 4 N–H and O–H groups in total. The summed E-state index contributed by atoms with van der Waals surface area (Å²) in [6, 6.07) is 9.83. The Balaban J connectivity index is 1.82. The fourth-order valence-corrected chi connectivity index (χ4v) is 3.58. The molecular weight excluding hydrogens is 419 g/mol. The van der Waals surface area contributed by atoms with Gasteiger partial charge in [0, 0.05) is 5.69 Å². The molecule has 12 heteroatoms. The van der Waals surface area contributed by atoms with Crippen molar-refractivity contribution in [1.29, 1.82) is 0 Å². The maximum absolute atomic E-state index is 13.7. The molecule has 1 aromatic heterocycles. The third-order valence-corrected chi connectivity index (χ3v) is 5.38. The summed E-state index contributed by atoms with van der Waals surface area (Å²) in [4.78, 5) is 22.3. The van der Waals surface area contributed by atoms with E-state index in [2.05, 4.69) is 10.0 Å². The highest BCUT2D eigenvalue weighted by atomic mass is 32.2. The Morgan fingerprint density at radius 2 is 1.97 bits per heavy atom. The van der Waals surface area contributed by atoms with Crippen LogP contribution in [0.2, 0.25) is 0 Å². The second-order valence-electron chi connectivity index (χ2n) is 6.03. The van der Waals surface area contributed by atoms with E-state index >= 15 is 0 Å². The molecule has 0 atom stereocenters. The summed E-state index contributed by atoms with van der Waals surface area (Å²) < 4.78 is 46.0. The lowest BCUT2D eigenvalue weighted by molar-refractivity contribution is -0.384. The molecule has 0 bridgehead atoms. The van der Waals surface area contributed by atoms with E-state index in [1.54, 1.807) is 12.1 Å². The molecule has 10 nitrogen and oxygen atoms in total. The number of nitrogen functional groups attached to an aromatic ring is 1. The summed E-state index contributed by atoms with van der Waals surface area (Å²) in [7, 11) is -3.93. The first-order valence-corrected chi connectivity index (χ1v) is 9.82. The summed E-state index contributed by atoms with van der Waals surface area (Å²) in [5.74, 6) is -1.54. The number of hydrogen-bond donors (Lipinski definition) is 3. The number of nitro groups is 1. The number of nitrogens with two attached hydrogens (primary N) is 1. The second kappa shape index (κ2) is 8.31. The number of sulfonamides is 1. The van der Waals surface area contributed by atoms with Crippen molar-refractivity contribution in [2.24, 2.45) is 0 Å². The second-order valence-corrected chi connectivity index (χ2v) is 7.80. The summed E-state index contributed by atoms with van der Waals surface area (Å²) in [6.07, 6.45) is 1.41. The fraction of sp³-hybridized carbons (Fsp3) is 0.0556. The van der Waals surface area contributed by atoms with Gasteiger partial charge in [0.25, 0.3) is 11.6 Å². The van der Waals surface area contributed by atoms with E-state index in [0.717, 1.165) is 6.07 Å². The largest absolute Gasteiger partial charge is 0.468 e. The van der Waals surface area contributed by atoms with Gasteiger partial charge in [-0.25, -0.2) is 17.5 Å². The van der Waals surface area contributed by atoms with Gasteiger partial charge in [0.05, 0.1) is 34.3 Å². The molecule has 0 aliphatic carbocycles. The smallest absolute Gasteiger partial charge is 0.295 e. The van der Waals surface area contributed by atoms with Crippen molar-refractivity contribution in [3.63, 3.8) is 0 Å². The molecule has 156 valence electrons. The van der Waals surface area contributed by atoms with Gasteiger partial charge in [-0.2, -0.15) is 0 Å². The minimum atomic E-state index is -3.93. The summed E-state index contributed by atoms with van der Waals surface area (Å²) in [6.45, 7) is -0.0740. The first-order chi connectivity index (χ1) is 14.2. The molecule has 0 spiro atoms. The monoisotopic (exact) mass is 434 g/mol. The van der Waals surface area contributed by atoms with Crippen LogP contribution >= 0.6 is 0 Å². The van der Waals surface area contributed by atoms with Gasteiger partial charge in [-0.1, -0.05) is 6.07 Å². The highest BCUT2D eigenvalue weighted by molar-refractivity contribution is 7.89. The average molecular weight is 434 g/mol. The fourth-order valence-electron chi connectivity index (χ4n) is 2.54. The van der Waals surface area contributed by atoms with Gasteiger partial charge in [0.1, 0.15) is 17.3 Å². The van der Waals surface area contributed by atoms with Gasteiger partial charge in [0.15, 0.2) is 0 Å². The SMILES string of the molecule is Nc1c(C(=O)Nc2cccc(S(=O)(=O)NCc3ccco3)c2)cc(F)cc1[N+](=O)[O-]. The Kier molecular flexibility index (Phi) is 5.80. The number of nitro benzene ring substituents is 1. The van der Waals surface area contributed by atoms with Crippen molar-refractivity contribution in [2.45, 2.75) is 11.4 Å². The molecule has 3 rings (SSSR count). The maximum Gasteiger partial charge on any atom is 0.295 e. The number of hydrogen-bond acceptors (Lipinski definition) is 7. The van der Waals surface area contributed by atoms with Crippen molar-refractivity contribution in [1.82, 2.24) is 4.72 Å². The quantitative estimate of drug-likeness (QED) is 0.293. The molecule has 0 unspecified atom stereocenters. The van der Waals surface area contributed by atoms with Gasteiger partial charge in [-0.3, -0.25) is 14.9 Å². The van der Waals surface area contributed by atoms with Gasteiger partial charge < -0.3 is 15.5 Å². The van der Waals surface area contributed by atoms with E-state index in [1.807, 2.05) is 0 Å². The molecule has 0 radical (unpaired) electrons. The Labute approximate surface area is 169 Å². The number of furan rings is 1. The third kappa shape index (κ3) is 4.61. The molecule has 0 saturated heterocycles. The summed E-state index contributed by atoms with van der Waals surface area (Å²) in [5, 5.41) is 13.3. The van der Waals surface area contributed by atoms with Crippen molar-refractivity contribution in [3.05, 3.63) is 82.0 Å². The van der Waals surface area contributed by atoms with Crippen molar-refractivity contribution in [2.75, 3.05) is 11.1 Å². The summed E-state index contributed by atoms with van der Waals surface area (Å²) in [5.41, 5.74) is 3.96. The van der Waals surface area contributed by atoms with Crippen LogP contribution in [0.3, 0.4) is 0 Å².